The third kappa shape index (κ3) is 4.45. The topological polar surface area (TPSA) is 91.8 Å². The van der Waals surface area contributed by atoms with Crippen molar-refractivity contribution in [1.82, 2.24) is 20.1 Å². The van der Waals surface area contributed by atoms with Gasteiger partial charge in [-0.25, -0.2) is 13.6 Å². The third-order valence-corrected chi connectivity index (χ3v) is 7.46. The zero-order valence-electron chi connectivity index (χ0n) is 19.8. The van der Waals surface area contributed by atoms with Crippen molar-refractivity contribution in [3.05, 3.63) is 65.5 Å². The van der Waals surface area contributed by atoms with Crippen LogP contribution in [0.5, 0.6) is 0 Å². The number of benzene rings is 1. The van der Waals surface area contributed by atoms with Crippen LogP contribution >= 0.6 is 0 Å². The van der Waals surface area contributed by atoms with Crippen LogP contribution in [0.4, 0.5) is 13.6 Å². The standard InChI is InChI=1S/C26H28F2N4O4/c27-21-6-5-17(13-22(21)28)14-23(33)31-10-7-18(8-11-31)26(19-3-1-9-29-15-19)24(34)32(25(35)30-26)16-20-4-2-12-36-20/h1,3,5-6,9,13,15,18,20H,2,4,7-8,10-12,14,16H2,(H,30,35)/t20-,26-/m0/s1. The van der Waals surface area contributed by atoms with Gasteiger partial charge in [0.1, 0.15) is 0 Å². The van der Waals surface area contributed by atoms with E-state index in [2.05, 4.69) is 10.3 Å². The highest BCUT2D eigenvalue weighted by molar-refractivity contribution is 6.07. The van der Waals surface area contributed by atoms with Crippen molar-refractivity contribution in [2.45, 2.75) is 43.7 Å². The van der Waals surface area contributed by atoms with Crippen molar-refractivity contribution < 1.29 is 27.9 Å². The molecule has 0 unspecified atom stereocenters. The summed E-state index contributed by atoms with van der Waals surface area (Å²) in [5.74, 6) is -2.70. The van der Waals surface area contributed by atoms with Crippen LogP contribution in [0.1, 0.15) is 36.8 Å². The predicted molar refractivity (Wildman–Crippen MR) is 124 cm³/mol. The van der Waals surface area contributed by atoms with Gasteiger partial charge in [-0.3, -0.25) is 19.5 Å². The highest BCUT2D eigenvalue weighted by Gasteiger charge is 2.57. The monoisotopic (exact) mass is 498 g/mol. The first-order valence-electron chi connectivity index (χ1n) is 12.3. The van der Waals surface area contributed by atoms with E-state index in [0.717, 1.165) is 25.0 Å². The molecule has 0 radical (unpaired) electrons. The van der Waals surface area contributed by atoms with Gasteiger partial charge < -0.3 is 15.0 Å². The molecular formula is C26H28F2N4O4. The van der Waals surface area contributed by atoms with Crippen LogP contribution < -0.4 is 5.32 Å². The first-order valence-corrected chi connectivity index (χ1v) is 12.3. The summed E-state index contributed by atoms with van der Waals surface area (Å²) < 4.78 is 32.4. The number of nitrogens with one attached hydrogen (secondary N) is 1. The molecule has 1 aromatic heterocycles. The average Bonchev–Trinajstić information content (AvgIpc) is 3.50. The van der Waals surface area contributed by atoms with Crippen molar-refractivity contribution in [3.63, 3.8) is 0 Å². The Labute approximate surface area is 207 Å². The molecule has 4 amide bonds. The molecule has 36 heavy (non-hydrogen) atoms. The van der Waals surface area contributed by atoms with Crippen molar-refractivity contribution >= 4 is 17.8 Å². The molecule has 1 N–H and O–H groups in total. The summed E-state index contributed by atoms with van der Waals surface area (Å²) in [6.07, 6.45) is 5.68. The largest absolute Gasteiger partial charge is 0.376 e. The number of amides is 4. The minimum Gasteiger partial charge on any atom is -0.376 e. The number of urea groups is 1. The Morgan fingerprint density at radius 3 is 2.61 bits per heavy atom. The van der Waals surface area contributed by atoms with E-state index in [1.54, 1.807) is 29.4 Å². The molecule has 3 aliphatic rings. The van der Waals surface area contributed by atoms with Crippen LogP contribution in [0.25, 0.3) is 0 Å². The molecule has 8 nitrogen and oxygen atoms in total. The number of aromatic nitrogens is 1. The summed E-state index contributed by atoms with van der Waals surface area (Å²) in [7, 11) is 0. The minimum absolute atomic E-state index is 0.0412. The number of hydrogen-bond acceptors (Lipinski definition) is 5. The van der Waals surface area contributed by atoms with Gasteiger partial charge in [0.25, 0.3) is 5.91 Å². The van der Waals surface area contributed by atoms with Crippen molar-refractivity contribution in [2.24, 2.45) is 5.92 Å². The molecule has 0 bridgehead atoms. The normalized spacial score (nSPS) is 24.9. The number of rotatable bonds is 6. The molecule has 190 valence electrons. The van der Waals surface area contributed by atoms with Gasteiger partial charge in [0, 0.05) is 37.7 Å². The van der Waals surface area contributed by atoms with Crippen LogP contribution in [0.15, 0.2) is 42.7 Å². The maximum atomic E-state index is 13.9. The molecule has 0 saturated carbocycles. The molecule has 2 aromatic rings. The van der Waals surface area contributed by atoms with E-state index in [0.29, 0.717) is 43.7 Å². The Balaban J connectivity index is 1.32. The fraction of sp³-hybridized carbons (Fsp3) is 0.462. The first-order chi connectivity index (χ1) is 17.4. The Morgan fingerprint density at radius 1 is 1.14 bits per heavy atom. The smallest absolute Gasteiger partial charge is 0.325 e. The van der Waals surface area contributed by atoms with Gasteiger partial charge in [-0.15, -0.1) is 0 Å². The first kappa shape index (κ1) is 24.3. The molecule has 3 fully saturated rings. The van der Waals surface area contributed by atoms with Crippen LogP contribution in [-0.2, 0) is 26.3 Å². The lowest BCUT2D eigenvalue weighted by Gasteiger charge is -2.41. The summed E-state index contributed by atoms with van der Waals surface area (Å²) >= 11 is 0. The summed E-state index contributed by atoms with van der Waals surface area (Å²) in [5.41, 5.74) is -0.250. The van der Waals surface area contributed by atoms with E-state index in [9.17, 15) is 23.2 Å². The second-order valence-electron chi connectivity index (χ2n) is 9.61. The van der Waals surface area contributed by atoms with E-state index in [1.165, 1.54) is 11.0 Å². The number of nitrogens with zero attached hydrogens (tertiary/aromatic N) is 3. The van der Waals surface area contributed by atoms with Gasteiger partial charge >= 0.3 is 6.03 Å². The molecule has 3 saturated heterocycles. The van der Waals surface area contributed by atoms with Gasteiger partial charge in [-0.1, -0.05) is 12.1 Å². The lowest BCUT2D eigenvalue weighted by molar-refractivity contribution is -0.137. The molecule has 0 spiro atoms. The van der Waals surface area contributed by atoms with Crippen LogP contribution in [0.2, 0.25) is 0 Å². The third-order valence-electron chi connectivity index (χ3n) is 7.46. The quantitative estimate of drug-likeness (QED) is 0.619. The summed E-state index contributed by atoms with van der Waals surface area (Å²) in [6, 6.07) is 6.53. The number of likely N-dealkylation sites (tertiary alicyclic amines) is 1. The van der Waals surface area contributed by atoms with Crippen LogP contribution in [0.3, 0.4) is 0 Å². The second-order valence-corrected chi connectivity index (χ2v) is 9.61. The Bertz CT molecular complexity index is 1150. The summed E-state index contributed by atoms with van der Waals surface area (Å²) in [5, 5.41) is 2.98. The molecule has 0 aliphatic carbocycles. The molecule has 4 heterocycles. The van der Waals surface area contributed by atoms with Crippen LogP contribution in [-0.4, -0.2) is 65.0 Å². The molecule has 2 atom stereocenters. The maximum Gasteiger partial charge on any atom is 0.325 e. The summed E-state index contributed by atoms with van der Waals surface area (Å²) in [4.78, 5) is 46.8. The second kappa shape index (κ2) is 9.93. The number of carbonyl (C=O) groups is 3. The van der Waals surface area contributed by atoms with Crippen molar-refractivity contribution in [1.29, 1.82) is 0 Å². The lowest BCUT2D eigenvalue weighted by Crippen LogP contribution is -2.54. The molecule has 3 aliphatic heterocycles. The van der Waals surface area contributed by atoms with E-state index < -0.39 is 23.2 Å². The number of ether oxygens (including phenoxy) is 1. The minimum atomic E-state index is -1.26. The van der Waals surface area contributed by atoms with E-state index in [1.807, 2.05) is 0 Å². The van der Waals surface area contributed by atoms with E-state index >= 15 is 0 Å². The Hall–Kier alpha value is -3.40. The molecule has 10 heteroatoms. The van der Waals surface area contributed by atoms with E-state index in [-0.39, 0.29) is 36.8 Å². The fourth-order valence-corrected chi connectivity index (χ4v) is 5.55. The zero-order chi connectivity index (χ0) is 25.3. The van der Waals surface area contributed by atoms with Gasteiger partial charge in [0.2, 0.25) is 5.91 Å². The molecule has 5 rings (SSSR count). The number of pyridine rings is 1. The van der Waals surface area contributed by atoms with Gasteiger partial charge in [0.15, 0.2) is 17.2 Å². The lowest BCUT2D eigenvalue weighted by atomic mass is 9.73. The predicted octanol–water partition coefficient (Wildman–Crippen LogP) is 2.77. The highest BCUT2D eigenvalue weighted by atomic mass is 19.2. The number of carbonyl (C=O) groups excluding carboxylic acids is 3. The number of hydrogen-bond donors (Lipinski definition) is 1. The summed E-state index contributed by atoms with van der Waals surface area (Å²) in [6.45, 7) is 1.59. The average molecular weight is 499 g/mol. The number of piperidine rings is 1. The SMILES string of the molecule is O=C(Cc1ccc(F)c(F)c1)N1CCC([C@@]2(c3cccnc3)NC(=O)N(C[C@@H]3CCCO3)C2=O)CC1. The Morgan fingerprint density at radius 2 is 1.94 bits per heavy atom. The van der Waals surface area contributed by atoms with Crippen LogP contribution in [0, 0.1) is 17.6 Å². The maximum absolute atomic E-state index is 13.9. The fourth-order valence-electron chi connectivity index (χ4n) is 5.55. The van der Waals surface area contributed by atoms with E-state index in [4.69, 9.17) is 4.74 Å². The van der Waals surface area contributed by atoms with Crippen molar-refractivity contribution in [3.8, 4) is 0 Å². The van der Waals surface area contributed by atoms with Gasteiger partial charge in [-0.05, 0) is 55.4 Å². The van der Waals surface area contributed by atoms with Gasteiger partial charge in [0.05, 0.1) is 19.1 Å². The Kier molecular flexibility index (Phi) is 6.70. The molecular weight excluding hydrogens is 470 g/mol. The molecule has 1 aromatic carbocycles. The van der Waals surface area contributed by atoms with Crippen molar-refractivity contribution in [2.75, 3.05) is 26.2 Å². The number of halogens is 2. The zero-order valence-corrected chi connectivity index (χ0v) is 19.8. The number of imide groups is 1. The van der Waals surface area contributed by atoms with Gasteiger partial charge in [-0.2, -0.15) is 0 Å². The highest BCUT2D eigenvalue weighted by Crippen LogP contribution is 2.41.